The molecule has 0 spiro atoms. The molecule has 0 atom stereocenters. The predicted octanol–water partition coefficient (Wildman–Crippen LogP) is 3.00. The summed E-state index contributed by atoms with van der Waals surface area (Å²) in [5.41, 5.74) is 3.13. The standard InChI is InChI=1S/C19H18ClN3O4/c1-3-10-27-16-9-8-13(11-17(16)26-2)12-21-23-19(25)18(24)22-15-7-5-4-6-14(15)20/h3-9,11-12H,1,10H2,2H3,(H,22,24)(H,23,25)/b21-12-. The second kappa shape index (κ2) is 9.98. The first kappa shape index (κ1) is 20.0. The number of hydrazone groups is 1. The third kappa shape index (κ3) is 5.86. The van der Waals surface area contributed by atoms with Crippen LogP contribution in [0, 0.1) is 0 Å². The third-order valence-corrected chi connectivity index (χ3v) is 3.58. The average Bonchev–Trinajstić information content (AvgIpc) is 2.68. The van der Waals surface area contributed by atoms with Crippen LogP contribution in [0.5, 0.6) is 11.5 Å². The van der Waals surface area contributed by atoms with Crippen LogP contribution in [-0.2, 0) is 9.59 Å². The van der Waals surface area contributed by atoms with Gasteiger partial charge in [-0.15, -0.1) is 0 Å². The van der Waals surface area contributed by atoms with Crippen LogP contribution in [0.3, 0.4) is 0 Å². The van der Waals surface area contributed by atoms with E-state index in [1.54, 1.807) is 48.5 Å². The summed E-state index contributed by atoms with van der Waals surface area (Å²) in [6.45, 7) is 3.93. The number of methoxy groups -OCH3 is 1. The molecule has 0 saturated heterocycles. The molecule has 0 unspecified atom stereocenters. The first-order chi connectivity index (χ1) is 13.0. The van der Waals surface area contributed by atoms with Crippen molar-refractivity contribution < 1.29 is 19.1 Å². The molecule has 140 valence electrons. The Morgan fingerprint density at radius 3 is 2.67 bits per heavy atom. The molecule has 2 N–H and O–H groups in total. The van der Waals surface area contributed by atoms with Crippen molar-refractivity contribution in [1.82, 2.24) is 5.43 Å². The summed E-state index contributed by atoms with van der Waals surface area (Å²) in [4.78, 5) is 23.7. The van der Waals surface area contributed by atoms with E-state index >= 15 is 0 Å². The van der Waals surface area contributed by atoms with Gasteiger partial charge >= 0.3 is 11.8 Å². The van der Waals surface area contributed by atoms with Crippen molar-refractivity contribution in [2.24, 2.45) is 5.10 Å². The van der Waals surface area contributed by atoms with Crippen LogP contribution in [0.15, 0.2) is 60.2 Å². The number of carbonyl (C=O) groups excluding carboxylic acids is 2. The van der Waals surface area contributed by atoms with E-state index in [0.717, 1.165) is 0 Å². The number of hydrogen-bond donors (Lipinski definition) is 2. The van der Waals surface area contributed by atoms with Gasteiger partial charge in [-0.2, -0.15) is 5.10 Å². The van der Waals surface area contributed by atoms with Gasteiger partial charge < -0.3 is 14.8 Å². The minimum atomic E-state index is -0.927. The maximum Gasteiger partial charge on any atom is 0.329 e. The Hall–Kier alpha value is -3.32. The Morgan fingerprint density at radius 1 is 1.19 bits per heavy atom. The van der Waals surface area contributed by atoms with Crippen molar-refractivity contribution in [2.75, 3.05) is 19.0 Å². The van der Waals surface area contributed by atoms with Crippen molar-refractivity contribution in [3.05, 3.63) is 65.7 Å². The fourth-order valence-corrected chi connectivity index (χ4v) is 2.17. The number of hydrogen-bond acceptors (Lipinski definition) is 5. The Morgan fingerprint density at radius 2 is 1.96 bits per heavy atom. The highest BCUT2D eigenvalue weighted by atomic mass is 35.5. The van der Waals surface area contributed by atoms with Crippen molar-refractivity contribution in [2.45, 2.75) is 0 Å². The van der Waals surface area contributed by atoms with Crippen LogP contribution in [0.2, 0.25) is 5.02 Å². The highest BCUT2D eigenvalue weighted by Crippen LogP contribution is 2.27. The number of nitrogens with one attached hydrogen (secondary N) is 2. The summed E-state index contributed by atoms with van der Waals surface area (Å²) in [5, 5.41) is 6.49. The van der Waals surface area contributed by atoms with Crippen LogP contribution in [-0.4, -0.2) is 31.7 Å². The smallest absolute Gasteiger partial charge is 0.329 e. The molecule has 0 aromatic heterocycles. The number of halogens is 1. The van der Waals surface area contributed by atoms with Gasteiger partial charge in [-0.25, -0.2) is 5.43 Å². The number of ether oxygens (including phenoxy) is 2. The number of para-hydroxylation sites is 1. The Balaban J connectivity index is 1.96. The molecule has 7 nitrogen and oxygen atoms in total. The van der Waals surface area contributed by atoms with Crippen molar-refractivity contribution in [1.29, 1.82) is 0 Å². The second-order valence-corrected chi connectivity index (χ2v) is 5.55. The number of rotatable bonds is 7. The fraction of sp³-hybridized carbons (Fsp3) is 0.105. The van der Waals surface area contributed by atoms with E-state index in [-0.39, 0.29) is 0 Å². The number of nitrogens with zero attached hydrogens (tertiary/aromatic N) is 1. The van der Waals surface area contributed by atoms with Gasteiger partial charge in [0.25, 0.3) is 0 Å². The number of carbonyl (C=O) groups is 2. The number of benzene rings is 2. The minimum Gasteiger partial charge on any atom is -0.493 e. The first-order valence-electron chi connectivity index (χ1n) is 7.85. The highest BCUT2D eigenvalue weighted by molar-refractivity contribution is 6.41. The quantitative estimate of drug-likeness (QED) is 0.331. The zero-order valence-corrected chi connectivity index (χ0v) is 15.3. The molecule has 0 aliphatic rings. The Kier molecular flexibility index (Phi) is 7.39. The molecular weight excluding hydrogens is 370 g/mol. The molecule has 0 aliphatic carbocycles. The van der Waals surface area contributed by atoms with E-state index in [2.05, 4.69) is 22.4 Å². The summed E-state index contributed by atoms with van der Waals surface area (Å²) in [6.07, 6.45) is 3.00. The summed E-state index contributed by atoms with van der Waals surface area (Å²) >= 11 is 5.93. The van der Waals surface area contributed by atoms with E-state index in [1.165, 1.54) is 13.3 Å². The molecule has 2 aromatic rings. The van der Waals surface area contributed by atoms with E-state index in [0.29, 0.717) is 34.4 Å². The highest BCUT2D eigenvalue weighted by Gasteiger charge is 2.14. The van der Waals surface area contributed by atoms with Crippen LogP contribution in [0.1, 0.15) is 5.56 Å². The number of anilines is 1. The van der Waals surface area contributed by atoms with E-state index in [1.807, 2.05) is 0 Å². The van der Waals surface area contributed by atoms with E-state index in [4.69, 9.17) is 21.1 Å². The largest absolute Gasteiger partial charge is 0.493 e. The van der Waals surface area contributed by atoms with Gasteiger partial charge in [0.1, 0.15) is 6.61 Å². The van der Waals surface area contributed by atoms with Gasteiger partial charge in [0.05, 0.1) is 24.0 Å². The van der Waals surface area contributed by atoms with Crippen molar-refractivity contribution in [3.63, 3.8) is 0 Å². The monoisotopic (exact) mass is 387 g/mol. The molecular formula is C19H18ClN3O4. The van der Waals surface area contributed by atoms with E-state index < -0.39 is 11.8 Å². The SMILES string of the molecule is C=CCOc1ccc(/C=N\NC(=O)C(=O)Nc2ccccc2Cl)cc1OC. The topological polar surface area (TPSA) is 89.0 Å². The Bertz CT molecular complexity index is 868. The van der Waals surface area contributed by atoms with Gasteiger partial charge in [0, 0.05) is 0 Å². The normalized spacial score (nSPS) is 10.3. The van der Waals surface area contributed by atoms with Crippen LogP contribution >= 0.6 is 11.6 Å². The van der Waals surface area contributed by atoms with Crippen LogP contribution in [0.25, 0.3) is 0 Å². The zero-order chi connectivity index (χ0) is 19.6. The van der Waals surface area contributed by atoms with Gasteiger partial charge in [-0.05, 0) is 35.9 Å². The second-order valence-electron chi connectivity index (χ2n) is 5.14. The molecule has 2 rings (SSSR count). The van der Waals surface area contributed by atoms with Gasteiger partial charge in [-0.3, -0.25) is 9.59 Å². The maximum absolute atomic E-state index is 11.9. The maximum atomic E-state index is 11.9. The lowest BCUT2D eigenvalue weighted by atomic mass is 10.2. The zero-order valence-electron chi connectivity index (χ0n) is 14.6. The lowest BCUT2D eigenvalue weighted by molar-refractivity contribution is -0.136. The molecule has 27 heavy (non-hydrogen) atoms. The third-order valence-electron chi connectivity index (χ3n) is 3.25. The van der Waals surface area contributed by atoms with Crippen LogP contribution < -0.4 is 20.2 Å². The molecule has 0 fully saturated rings. The van der Waals surface area contributed by atoms with Crippen LogP contribution in [0.4, 0.5) is 5.69 Å². The molecule has 0 heterocycles. The summed E-state index contributed by atoms with van der Waals surface area (Å²) in [5.74, 6) is -0.753. The lowest BCUT2D eigenvalue weighted by Crippen LogP contribution is -2.32. The van der Waals surface area contributed by atoms with Gasteiger partial charge in [0.15, 0.2) is 11.5 Å². The molecule has 0 bridgehead atoms. The summed E-state index contributed by atoms with van der Waals surface area (Å²) in [7, 11) is 1.51. The van der Waals surface area contributed by atoms with Crippen molar-refractivity contribution >= 4 is 35.3 Å². The summed E-state index contributed by atoms with van der Waals surface area (Å²) < 4.78 is 10.7. The average molecular weight is 388 g/mol. The lowest BCUT2D eigenvalue weighted by Gasteiger charge is -2.09. The minimum absolute atomic E-state index is 0.327. The number of amides is 2. The fourth-order valence-electron chi connectivity index (χ4n) is 1.99. The van der Waals surface area contributed by atoms with Crippen molar-refractivity contribution in [3.8, 4) is 11.5 Å². The molecule has 8 heteroatoms. The molecule has 0 aliphatic heterocycles. The molecule has 0 radical (unpaired) electrons. The van der Waals surface area contributed by atoms with E-state index in [9.17, 15) is 9.59 Å². The predicted molar refractivity (Wildman–Crippen MR) is 105 cm³/mol. The molecule has 2 amide bonds. The Labute approximate surface area is 161 Å². The van der Waals surface area contributed by atoms with Gasteiger partial charge in [0.2, 0.25) is 0 Å². The molecule has 2 aromatic carbocycles. The first-order valence-corrected chi connectivity index (χ1v) is 8.23. The molecule has 0 saturated carbocycles. The summed E-state index contributed by atoms with van der Waals surface area (Å²) in [6, 6.07) is 11.7. The van der Waals surface area contributed by atoms with Gasteiger partial charge in [-0.1, -0.05) is 36.4 Å².